The number of rotatable bonds is 11. The molecule has 0 bridgehead atoms. The fourth-order valence-corrected chi connectivity index (χ4v) is 3.22. The normalized spacial score (nSPS) is 10.5. The van der Waals surface area contributed by atoms with E-state index in [2.05, 4.69) is 15.8 Å². The zero-order valence-corrected chi connectivity index (χ0v) is 21.4. The molecule has 208 valence electrons. The SMILES string of the molecule is CCOc1cc(/C=N/NC(=O)C(=O)Nc2ccc(OC)cc2OC)ccc1Oc1ccc([N+](=O)[O-])cc1[N+](=O)[O-]. The van der Waals surface area contributed by atoms with Crippen LogP contribution < -0.4 is 29.7 Å². The average Bonchev–Trinajstić information content (AvgIpc) is 2.94. The third-order valence-electron chi connectivity index (χ3n) is 5.08. The van der Waals surface area contributed by atoms with Crippen molar-refractivity contribution in [2.45, 2.75) is 6.92 Å². The summed E-state index contributed by atoms with van der Waals surface area (Å²) in [7, 11) is 2.87. The highest BCUT2D eigenvalue weighted by Crippen LogP contribution is 2.38. The number of nitrogens with zero attached hydrogens (tertiary/aromatic N) is 3. The minimum absolute atomic E-state index is 0.0906. The highest BCUT2D eigenvalue weighted by Gasteiger charge is 2.22. The maximum Gasteiger partial charge on any atom is 0.329 e. The van der Waals surface area contributed by atoms with Crippen LogP contribution in [0.15, 0.2) is 59.7 Å². The number of ether oxygens (including phenoxy) is 4. The first-order valence-corrected chi connectivity index (χ1v) is 11.4. The summed E-state index contributed by atoms with van der Waals surface area (Å²) in [6.45, 7) is 1.92. The molecule has 3 rings (SSSR count). The van der Waals surface area contributed by atoms with Crippen LogP contribution in [0.1, 0.15) is 12.5 Å². The van der Waals surface area contributed by atoms with Crippen molar-refractivity contribution in [1.82, 2.24) is 5.43 Å². The number of methoxy groups -OCH3 is 2. The molecule has 0 radical (unpaired) electrons. The molecule has 0 aliphatic heterocycles. The smallest absolute Gasteiger partial charge is 0.329 e. The van der Waals surface area contributed by atoms with Crippen LogP contribution in [0, 0.1) is 20.2 Å². The quantitative estimate of drug-likeness (QED) is 0.153. The van der Waals surface area contributed by atoms with E-state index in [9.17, 15) is 29.8 Å². The zero-order valence-electron chi connectivity index (χ0n) is 21.4. The number of hydrogen-bond donors (Lipinski definition) is 2. The Bertz CT molecular complexity index is 1470. The minimum atomic E-state index is -1.05. The molecule has 40 heavy (non-hydrogen) atoms. The van der Waals surface area contributed by atoms with Crippen molar-refractivity contribution in [1.29, 1.82) is 0 Å². The van der Waals surface area contributed by atoms with Crippen molar-refractivity contribution >= 4 is 35.1 Å². The van der Waals surface area contributed by atoms with Gasteiger partial charge in [0.05, 0.1) is 48.6 Å². The monoisotopic (exact) mass is 553 g/mol. The lowest BCUT2D eigenvalue weighted by molar-refractivity contribution is -0.394. The van der Waals surface area contributed by atoms with Crippen molar-refractivity contribution in [2.24, 2.45) is 5.10 Å². The molecule has 0 unspecified atom stereocenters. The number of non-ortho nitro benzene ring substituents is 1. The highest BCUT2D eigenvalue weighted by molar-refractivity contribution is 6.39. The van der Waals surface area contributed by atoms with Gasteiger partial charge in [-0.05, 0) is 48.9 Å². The Morgan fingerprint density at radius 1 is 0.875 bits per heavy atom. The van der Waals surface area contributed by atoms with Gasteiger partial charge in [-0.3, -0.25) is 29.8 Å². The van der Waals surface area contributed by atoms with E-state index in [0.717, 1.165) is 18.2 Å². The van der Waals surface area contributed by atoms with Gasteiger partial charge in [0.2, 0.25) is 5.75 Å². The van der Waals surface area contributed by atoms with E-state index >= 15 is 0 Å². The van der Waals surface area contributed by atoms with Crippen LogP contribution in [0.4, 0.5) is 17.1 Å². The number of nitrogens with one attached hydrogen (secondary N) is 2. The standard InChI is InChI=1S/C25H23N5O10/c1-4-39-23-11-15(5-9-21(23)40-20-10-6-16(29(33)34)12-19(20)30(35)36)14-26-28-25(32)24(31)27-18-8-7-17(37-2)13-22(18)38-3/h5-14H,4H2,1-3H3,(H,27,31)(H,28,32)/b26-14+. The lowest BCUT2D eigenvalue weighted by Crippen LogP contribution is -2.32. The summed E-state index contributed by atoms with van der Waals surface area (Å²) in [6, 6.07) is 12.0. The van der Waals surface area contributed by atoms with E-state index in [1.807, 2.05) is 0 Å². The van der Waals surface area contributed by atoms with Gasteiger partial charge in [0, 0.05) is 12.1 Å². The molecule has 2 amide bonds. The molecule has 0 aliphatic rings. The molecule has 0 heterocycles. The number of hydrazone groups is 1. The van der Waals surface area contributed by atoms with Crippen molar-refractivity contribution in [3.8, 4) is 28.7 Å². The second-order valence-corrected chi connectivity index (χ2v) is 7.63. The van der Waals surface area contributed by atoms with Crippen molar-refractivity contribution < 1.29 is 38.4 Å². The molecule has 3 aromatic carbocycles. The maximum atomic E-state index is 12.3. The van der Waals surface area contributed by atoms with Crippen LogP contribution in [0.25, 0.3) is 0 Å². The van der Waals surface area contributed by atoms with E-state index in [1.165, 1.54) is 50.8 Å². The van der Waals surface area contributed by atoms with E-state index in [1.54, 1.807) is 13.0 Å². The van der Waals surface area contributed by atoms with Crippen molar-refractivity contribution in [3.63, 3.8) is 0 Å². The van der Waals surface area contributed by atoms with E-state index in [0.29, 0.717) is 11.3 Å². The first kappa shape index (κ1) is 28.8. The topological polar surface area (TPSA) is 194 Å². The number of nitro benzene ring substituents is 2. The molecule has 15 nitrogen and oxygen atoms in total. The molecule has 0 fully saturated rings. The van der Waals surface area contributed by atoms with E-state index in [-0.39, 0.29) is 35.3 Å². The molecule has 0 aromatic heterocycles. The number of carbonyl (C=O) groups excluding carboxylic acids is 2. The van der Waals surface area contributed by atoms with E-state index in [4.69, 9.17) is 18.9 Å². The van der Waals surface area contributed by atoms with Crippen LogP contribution in [0.2, 0.25) is 0 Å². The largest absolute Gasteiger partial charge is 0.497 e. The predicted molar refractivity (Wildman–Crippen MR) is 141 cm³/mol. The Morgan fingerprint density at radius 2 is 1.62 bits per heavy atom. The molecule has 0 atom stereocenters. The first-order valence-electron chi connectivity index (χ1n) is 11.4. The van der Waals surface area contributed by atoms with E-state index < -0.39 is 33.0 Å². The second-order valence-electron chi connectivity index (χ2n) is 7.63. The number of benzene rings is 3. The van der Waals surface area contributed by atoms with Gasteiger partial charge in [0.15, 0.2) is 11.5 Å². The lowest BCUT2D eigenvalue weighted by atomic mass is 10.2. The third kappa shape index (κ3) is 7.18. The summed E-state index contributed by atoms with van der Waals surface area (Å²) in [6.07, 6.45) is 1.24. The van der Waals surface area contributed by atoms with Crippen molar-refractivity contribution in [3.05, 3.63) is 80.4 Å². The van der Waals surface area contributed by atoms with Gasteiger partial charge < -0.3 is 24.3 Å². The number of amides is 2. The molecule has 15 heteroatoms. The van der Waals surface area contributed by atoms with Crippen LogP contribution >= 0.6 is 0 Å². The molecule has 0 saturated carbocycles. The molecule has 3 aromatic rings. The second kappa shape index (κ2) is 13.2. The summed E-state index contributed by atoms with van der Waals surface area (Å²) in [5.41, 5.74) is 1.71. The van der Waals surface area contributed by atoms with Gasteiger partial charge in [-0.15, -0.1) is 0 Å². The Labute approximate surface area is 226 Å². The minimum Gasteiger partial charge on any atom is -0.497 e. The molecule has 0 spiro atoms. The van der Waals surface area contributed by atoms with Crippen molar-refractivity contribution in [2.75, 3.05) is 26.1 Å². The number of nitro groups is 2. The summed E-state index contributed by atoms with van der Waals surface area (Å²) >= 11 is 0. The summed E-state index contributed by atoms with van der Waals surface area (Å²) in [5, 5.41) is 28.6. The molecular weight excluding hydrogens is 530 g/mol. The van der Waals surface area contributed by atoms with Gasteiger partial charge in [-0.1, -0.05) is 0 Å². The Kier molecular flexibility index (Phi) is 9.50. The van der Waals surface area contributed by atoms with Gasteiger partial charge in [0.1, 0.15) is 11.5 Å². The molecular formula is C25H23N5O10. The Balaban J connectivity index is 1.72. The van der Waals surface area contributed by atoms with Gasteiger partial charge >= 0.3 is 17.5 Å². The molecule has 0 aliphatic carbocycles. The van der Waals surface area contributed by atoms with Gasteiger partial charge in [0.25, 0.3) is 5.69 Å². The van der Waals surface area contributed by atoms with Gasteiger partial charge in [-0.25, -0.2) is 5.43 Å². The predicted octanol–water partition coefficient (Wildman–Crippen LogP) is 3.80. The number of anilines is 1. The maximum absolute atomic E-state index is 12.3. The summed E-state index contributed by atoms with van der Waals surface area (Å²) < 4.78 is 21.4. The van der Waals surface area contributed by atoms with Crippen LogP contribution in [-0.4, -0.2) is 48.7 Å². The average molecular weight is 553 g/mol. The fraction of sp³-hybridized carbons (Fsp3) is 0.160. The van der Waals surface area contributed by atoms with Crippen LogP contribution in [0.3, 0.4) is 0 Å². The third-order valence-corrected chi connectivity index (χ3v) is 5.08. The zero-order chi connectivity index (χ0) is 29.2. The Hall–Kier alpha value is -5.73. The molecule has 0 saturated heterocycles. The highest BCUT2D eigenvalue weighted by atomic mass is 16.6. The first-order chi connectivity index (χ1) is 19.2. The summed E-state index contributed by atoms with van der Waals surface area (Å²) in [5.74, 6) is -1.23. The number of hydrogen-bond acceptors (Lipinski definition) is 11. The lowest BCUT2D eigenvalue weighted by Gasteiger charge is -2.12. The molecule has 2 N–H and O–H groups in total. The number of carbonyl (C=O) groups is 2. The summed E-state index contributed by atoms with van der Waals surface area (Å²) in [4.78, 5) is 45.3. The van der Waals surface area contributed by atoms with Crippen LogP contribution in [-0.2, 0) is 9.59 Å². The van der Waals surface area contributed by atoms with Gasteiger partial charge in [-0.2, -0.15) is 5.10 Å². The van der Waals surface area contributed by atoms with Crippen LogP contribution in [0.5, 0.6) is 28.7 Å². The fourth-order valence-electron chi connectivity index (χ4n) is 3.22. The Morgan fingerprint density at radius 3 is 2.27 bits per heavy atom.